The van der Waals surface area contributed by atoms with Crippen LogP contribution in [0.5, 0.6) is 0 Å². The van der Waals surface area contributed by atoms with Crippen LogP contribution in [0.4, 0.5) is 0 Å². The molecule has 0 aromatic heterocycles. The molecule has 0 aromatic carbocycles. The van der Waals surface area contributed by atoms with Crippen LogP contribution in [0.1, 0.15) is 0 Å². The van der Waals surface area contributed by atoms with Gasteiger partial charge >= 0.3 is 19.5 Å². The molecule has 7 nitrogen and oxygen atoms in total. The van der Waals surface area contributed by atoms with E-state index in [-0.39, 0.29) is 49.8 Å². The number of hydrogen-bond acceptors (Lipinski definition) is 6. The van der Waals surface area contributed by atoms with Crippen LogP contribution >= 0.6 is 0 Å². The van der Waals surface area contributed by atoms with Crippen LogP contribution < -0.4 is 58.4 Å². The minimum Gasteiger partial charge on any atom is -1.00 e. The van der Waals surface area contributed by atoms with Crippen LogP contribution in [-0.2, 0) is 19.5 Å². The fourth-order valence-corrected chi connectivity index (χ4v) is 0.658. The van der Waals surface area contributed by atoms with Gasteiger partial charge in [-0.25, -0.2) is 0 Å². The molecule has 0 bridgehead atoms. The summed E-state index contributed by atoms with van der Waals surface area (Å²) in [6.45, 7) is 6.27. The summed E-state index contributed by atoms with van der Waals surface area (Å²) in [6, 6.07) is 0. The molecule has 0 radical (unpaired) electrons. The molecule has 0 aliphatic carbocycles. The molecule has 0 saturated heterocycles. The molecule has 0 atom stereocenters. The van der Waals surface area contributed by atoms with Gasteiger partial charge in [0, 0.05) is 52.4 Å². The molecular weight excluding hydrogens is 332 g/mol. The van der Waals surface area contributed by atoms with Crippen molar-refractivity contribution in [2.45, 2.75) is 0 Å². The Morgan fingerprint density at radius 3 is 0.833 bits per heavy atom. The second kappa shape index (κ2) is 43.0. The van der Waals surface area contributed by atoms with Crippen molar-refractivity contribution >= 4 is 0 Å². The first-order chi connectivity index (χ1) is 6.83. The average molecular weight is 361 g/mol. The molecule has 0 amide bonds. The van der Waals surface area contributed by atoms with Crippen LogP contribution in [0.15, 0.2) is 0 Å². The summed E-state index contributed by atoms with van der Waals surface area (Å²) in [5.41, 5.74) is 20.7. The monoisotopic (exact) mass is 358 g/mol. The van der Waals surface area contributed by atoms with Gasteiger partial charge in [-0.05, 0) is 0 Å². The molecule has 10 heteroatoms. The van der Waals surface area contributed by atoms with Gasteiger partial charge in [0.05, 0.1) is 0 Å². The predicted molar refractivity (Wildman–Crippen MR) is 65.6 cm³/mol. The van der Waals surface area contributed by atoms with E-state index in [9.17, 15) is 0 Å². The van der Waals surface area contributed by atoms with Gasteiger partial charge in [-0.15, -0.1) is 0 Å². The van der Waals surface area contributed by atoms with Crippen LogP contribution in [-0.4, -0.2) is 57.8 Å². The quantitative estimate of drug-likeness (QED) is 0.186. The zero-order valence-electron chi connectivity index (χ0n) is 10.9. The Labute approximate surface area is 135 Å². The summed E-state index contributed by atoms with van der Waals surface area (Å²) >= 11 is 0. The smallest absolute Gasteiger partial charge is 1.00 e. The Bertz CT molecular complexity index is 82.0. The Morgan fingerprint density at radius 2 is 0.722 bits per heavy atom. The largest absolute Gasteiger partial charge is 2.00 e. The maximum atomic E-state index is 5.17. The number of halogens is 2. The molecular formula is C8H28Cl2N6OZn. The molecule has 0 aromatic rings. The van der Waals surface area contributed by atoms with Gasteiger partial charge in [0.2, 0.25) is 0 Å². The van der Waals surface area contributed by atoms with E-state index in [0.29, 0.717) is 26.2 Å². The molecule has 0 unspecified atom stereocenters. The average Bonchev–Trinajstić information content (AvgIpc) is 2.21. The third-order valence-corrected chi connectivity index (χ3v) is 1.28. The maximum Gasteiger partial charge on any atom is 2.00 e. The van der Waals surface area contributed by atoms with E-state index in [0.717, 1.165) is 26.2 Å². The standard InChI is InChI=1S/2C4H13N3.2ClH.H2O.Zn/c2*5-1-3-7-4-2-6;;;;/h2*7H,1-6H2;2*1H;1H2;/q;;;;;+2/p-2. The number of hydrogen-bond donors (Lipinski definition) is 6. The van der Waals surface area contributed by atoms with Crippen LogP contribution in [0.2, 0.25) is 0 Å². The fourth-order valence-electron chi connectivity index (χ4n) is 0.658. The van der Waals surface area contributed by atoms with Crippen molar-refractivity contribution in [3.8, 4) is 0 Å². The third kappa shape index (κ3) is 53.9. The van der Waals surface area contributed by atoms with Gasteiger partial charge in [0.25, 0.3) is 0 Å². The SMILES string of the molecule is NCCNCCN.NCCNCCN.O.[Cl-].[Cl-].[Zn+2]. The van der Waals surface area contributed by atoms with Crippen molar-refractivity contribution in [3.63, 3.8) is 0 Å². The molecule has 112 valence electrons. The molecule has 0 aliphatic heterocycles. The molecule has 0 spiro atoms. The molecule has 12 N–H and O–H groups in total. The summed E-state index contributed by atoms with van der Waals surface area (Å²) in [7, 11) is 0. The van der Waals surface area contributed by atoms with E-state index in [1.54, 1.807) is 0 Å². The number of rotatable bonds is 8. The van der Waals surface area contributed by atoms with E-state index >= 15 is 0 Å². The summed E-state index contributed by atoms with van der Waals surface area (Å²) in [6.07, 6.45) is 0. The van der Waals surface area contributed by atoms with Crippen LogP contribution in [0.25, 0.3) is 0 Å². The predicted octanol–water partition coefficient (Wildman–Crippen LogP) is -9.83. The van der Waals surface area contributed by atoms with E-state index < -0.39 is 0 Å². The molecule has 0 aliphatic rings. The first-order valence-electron chi connectivity index (χ1n) is 5.05. The molecule has 0 saturated carbocycles. The van der Waals surface area contributed by atoms with Crippen molar-refractivity contribution in [2.24, 2.45) is 22.9 Å². The van der Waals surface area contributed by atoms with Gasteiger partial charge in [-0.1, -0.05) is 0 Å². The van der Waals surface area contributed by atoms with Crippen molar-refractivity contribution in [1.29, 1.82) is 0 Å². The Balaban J connectivity index is -0.0000000327. The van der Waals surface area contributed by atoms with Crippen LogP contribution in [0.3, 0.4) is 0 Å². The zero-order chi connectivity index (χ0) is 11.1. The molecule has 0 heterocycles. The Morgan fingerprint density at radius 1 is 0.556 bits per heavy atom. The Kier molecular flexibility index (Phi) is 87.0. The minimum absolute atomic E-state index is 0. The van der Waals surface area contributed by atoms with Gasteiger partial charge in [0.1, 0.15) is 0 Å². The fraction of sp³-hybridized carbons (Fsp3) is 1.00. The van der Waals surface area contributed by atoms with Gasteiger partial charge < -0.3 is 63.9 Å². The second-order valence-electron chi connectivity index (χ2n) is 2.65. The first kappa shape index (κ1) is 36.4. The molecule has 0 fully saturated rings. The maximum absolute atomic E-state index is 5.17. The van der Waals surface area contributed by atoms with Crippen LogP contribution in [0, 0.1) is 0 Å². The van der Waals surface area contributed by atoms with Gasteiger partial charge in [0.15, 0.2) is 0 Å². The normalized spacial score (nSPS) is 7.33. The van der Waals surface area contributed by atoms with Gasteiger partial charge in [-0.3, -0.25) is 0 Å². The van der Waals surface area contributed by atoms with Crippen molar-refractivity contribution in [1.82, 2.24) is 10.6 Å². The zero-order valence-corrected chi connectivity index (χ0v) is 15.4. The number of nitrogens with two attached hydrogens (primary N) is 4. The van der Waals surface area contributed by atoms with Crippen molar-refractivity contribution < 1.29 is 49.8 Å². The van der Waals surface area contributed by atoms with E-state index in [2.05, 4.69) is 10.6 Å². The third-order valence-electron chi connectivity index (χ3n) is 1.28. The van der Waals surface area contributed by atoms with E-state index in [1.807, 2.05) is 0 Å². The Hall–Kier alpha value is 0.923. The minimum atomic E-state index is 0. The van der Waals surface area contributed by atoms with Crippen molar-refractivity contribution in [3.05, 3.63) is 0 Å². The second-order valence-corrected chi connectivity index (χ2v) is 2.65. The topological polar surface area (TPSA) is 160 Å². The summed E-state index contributed by atoms with van der Waals surface area (Å²) in [4.78, 5) is 0. The van der Waals surface area contributed by atoms with E-state index in [1.165, 1.54) is 0 Å². The first-order valence-corrected chi connectivity index (χ1v) is 5.05. The summed E-state index contributed by atoms with van der Waals surface area (Å²) in [5, 5.41) is 6.07. The van der Waals surface area contributed by atoms with Gasteiger partial charge in [-0.2, -0.15) is 0 Å². The summed E-state index contributed by atoms with van der Waals surface area (Å²) < 4.78 is 0. The molecule has 18 heavy (non-hydrogen) atoms. The summed E-state index contributed by atoms with van der Waals surface area (Å²) in [5.74, 6) is 0. The number of nitrogens with one attached hydrogen (secondary N) is 2. The van der Waals surface area contributed by atoms with E-state index in [4.69, 9.17) is 22.9 Å². The van der Waals surface area contributed by atoms with Crippen molar-refractivity contribution in [2.75, 3.05) is 52.4 Å². The molecule has 0 rings (SSSR count).